The van der Waals surface area contributed by atoms with Crippen LogP contribution in [0.15, 0.2) is 11.4 Å². The number of aliphatic hydroxyl groups excluding tert-OH is 1. The summed E-state index contributed by atoms with van der Waals surface area (Å²) < 4.78 is 0. The summed E-state index contributed by atoms with van der Waals surface area (Å²) >= 11 is 1.42. The molecule has 0 saturated heterocycles. The van der Waals surface area contributed by atoms with Gasteiger partial charge in [0.05, 0.1) is 17.0 Å². The lowest BCUT2D eigenvalue weighted by Gasteiger charge is -2.16. The fourth-order valence-electron chi connectivity index (χ4n) is 0.998. The minimum absolute atomic E-state index is 0.106. The minimum Gasteiger partial charge on any atom is -0.391 e. The van der Waals surface area contributed by atoms with Gasteiger partial charge in [0, 0.05) is 0 Å². The molecule has 0 saturated carbocycles. The molecule has 0 spiro atoms. The Balaban J connectivity index is 2.64. The normalized spacial score (nSPS) is 14.9. The van der Waals surface area contributed by atoms with E-state index in [1.165, 1.54) is 11.3 Å². The van der Waals surface area contributed by atoms with Crippen LogP contribution in [0.25, 0.3) is 0 Å². The summed E-state index contributed by atoms with van der Waals surface area (Å²) in [4.78, 5) is 12.3. The third-order valence-electron chi connectivity index (χ3n) is 2.15. The molecule has 0 aromatic carbocycles. The number of aryl methyl sites for hydroxylation is 1. The van der Waals surface area contributed by atoms with Gasteiger partial charge in [-0.25, -0.2) is 0 Å². The maximum atomic E-state index is 11.6. The lowest BCUT2D eigenvalue weighted by atomic mass is 10.2. The Hall–Kier alpha value is -0.870. The summed E-state index contributed by atoms with van der Waals surface area (Å²) in [6.45, 7) is 5.34. The molecule has 0 fully saturated rings. The van der Waals surface area contributed by atoms with Crippen LogP contribution in [0.2, 0.25) is 0 Å². The number of rotatable bonds is 3. The van der Waals surface area contributed by atoms with Crippen LogP contribution in [0.1, 0.15) is 29.1 Å². The predicted molar refractivity (Wildman–Crippen MR) is 57.7 cm³/mol. The van der Waals surface area contributed by atoms with Crippen molar-refractivity contribution in [1.82, 2.24) is 5.32 Å². The molecule has 0 aliphatic heterocycles. The third-order valence-corrected chi connectivity index (χ3v) is 3.17. The molecule has 3 nitrogen and oxygen atoms in total. The summed E-state index contributed by atoms with van der Waals surface area (Å²) in [5.74, 6) is -0.106. The zero-order chi connectivity index (χ0) is 10.7. The molecule has 0 bridgehead atoms. The van der Waals surface area contributed by atoms with Gasteiger partial charge in [0.1, 0.15) is 0 Å². The maximum Gasteiger partial charge on any atom is 0.261 e. The summed E-state index contributed by atoms with van der Waals surface area (Å²) in [7, 11) is 0. The van der Waals surface area contributed by atoms with Crippen LogP contribution in [0.3, 0.4) is 0 Å². The highest BCUT2D eigenvalue weighted by molar-refractivity contribution is 7.12. The first kappa shape index (κ1) is 11.2. The van der Waals surface area contributed by atoms with E-state index in [-0.39, 0.29) is 11.9 Å². The topological polar surface area (TPSA) is 49.3 Å². The van der Waals surface area contributed by atoms with Crippen molar-refractivity contribution in [2.24, 2.45) is 0 Å². The minimum atomic E-state index is -0.529. The smallest absolute Gasteiger partial charge is 0.261 e. The quantitative estimate of drug-likeness (QED) is 0.800. The van der Waals surface area contributed by atoms with Gasteiger partial charge in [-0.3, -0.25) is 4.79 Å². The van der Waals surface area contributed by atoms with E-state index in [4.69, 9.17) is 0 Å². The molecular weight excluding hydrogens is 198 g/mol. The number of hydrogen-bond acceptors (Lipinski definition) is 3. The second kappa shape index (κ2) is 4.57. The molecule has 78 valence electrons. The lowest BCUT2D eigenvalue weighted by Crippen LogP contribution is -2.39. The van der Waals surface area contributed by atoms with Crippen LogP contribution in [0.5, 0.6) is 0 Å². The number of carbonyl (C=O) groups is 1. The largest absolute Gasteiger partial charge is 0.391 e. The van der Waals surface area contributed by atoms with Crippen molar-refractivity contribution in [3.05, 3.63) is 21.9 Å². The van der Waals surface area contributed by atoms with Gasteiger partial charge in [-0.1, -0.05) is 0 Å². The second-order valence-electron chi connectivity index (χ2n) is 3.44. The van der Waals surface area contributed by atoms with E-state index in [0.717, 1.165) is 10.4 Å². The first-order valence-corrected chi connectivity index (χ1v) is 5.43. The molecule has 1 heterocycles. The maximum absolute atomic E-state index is 11.6. The van der Waals surface area contributed by atoms with Crippen molar-refractivity contribution in [2.75, 3.05) is 0 Å². The molecule has 1 aromatic heterocycles. The lowest BCUT2D eigenvalue weighted by molar-refractivity contribution is 0.0877. The number of amides is 1. The number of thiophene rings is 1. The number of carbonyl (C=O) groups excluding carboxylic acids is 1. The highest BCUT2D eigenvalue weighted by Crippen LogP contribution is 2.15. The van der Waals surface area contributed by atoms with E-state index in [0.29, 0.717) is 0 Å². The Kier molecular flexibility index (Phi) is 3.66. The average Bonchev–Trinajstić information content (AvgIpc) is 2.51. The summed E-state index contributed by atoms with van der Waals surface area (Å²) in [6, 6.07) is 1.69. The highest BCUT2D eigenvalue weighted by atomic mass is 32.1. The standard InChI is InChI=1S/C10H15NO2S/c1-6-4-5-14-9(6)10(13)11-7(2)8(3)12/h4-5,7-8,12H,1-3H3,(H,11,13). The van der Waals surface area contributed by atoms with Gasteiger partial charge < -0.3 is 10.4 Å². The van der Waals surface area contributed by atoms with Crippen molar-refractivity contribution in [3.8, 4) is 0 Å². The fraction of sp³-hybridized carbons (Fsp3) is 0.500. The van der Waals surface area contributed by atoms with Crippen LogP contribution in [-0.2, 0) is 0 Å². The van der Waals surface area contributed by atoms with Gasteiger partial charge in [0.2, 0.25) is 0 Å². The van der Waals surface area contributed by atoms with Crippen LogP contribution in [-0.4, -0.2) is 23.2 Å². The van der Waals surface area contributed by atoms with E-state index in [1.807, 2.05) is 18.4 Å². The highest BCUT2D eigenvalue weighted by Gasteiger charge is 2.15. The van der Waals surface area contributed by atoms with Crippen molar-refractivity contribution in [1.29, 1.82) is 0 Å². The van der Waals surface area contributed by atoms with Crippen LogP contribution < -0.4 is 5.32 Å². The number of hydrogen-bond donors (Lipinski definition) is 2. The Labute approximate surface area is 87.8 Å². The first-order chi connectivity index (χ1) is 6.52. The first-order valence-electron chi connectivity index (χ1n) is 4.55. The average molecular weight is 213 g/mol. The molecule has 0 aliphatic rings. The summed E-state index contributed by atoms with van der Waals surface area (Å²) in [6.07, 6.45) is -0.529. The molecular formula is C10H15NO2S. The van der Waals surface area contributed by atoms with E-state index in [2.05, 4.69) is 5.32 Å². The molecule has 1 aromatic rings. The van der Waals surface area contributed by atoms with Gasteiger partial charge >= 0.3 is 0 Å². The zero-order valence-corrected chi connectivity index (χ0v) is 9.39. The molecule has 0 aliphatic carbocycles. The predicted octanol–water partition coefficient (Wildman–Crippen LogP) is 1.56. The molecule has 1 rings (SSSR count). The molecule has 4 heteroatoms. The van der Waals surface area contributed by atoms with Crippen molar-refractivity contribution < 1.29 is 9.90 Å². The van der Waals surface area contributed by atoms with E-state index in [9.17, 15) is 9.90 Å². The molecule has 0 radical (unpaired) electrons. The van der Waals surface area contributed by atoms with Gasteiger partial charge in [-0.15, -0.1) is 11.3 Å². The van der Waals surface area contributed by atoms with Crippen molar-refractivity contribution >= 4 is 17.2 Å². The molecule has 2 atom stereocenters. The van der Waals surface area contributed by atoms with E-state index < -0.39 is 6.10 Å². The van der Waals surface area contributed by atoms with Gasteiger partial charge in [-0.2, -0.15) is 0 Å². The van der Waals surface area contributed by atoms with Crippen molar-refractivity contribution in [2.45, 2.75) is 32.9 Å². The number of aliphatic hydroxyl groups is 1. The number of nitrogens with one attached hydrogen (secondary N) is 1. The Morgan fingerprint density at radius 1 is 1.57 bits per heavy atom. The Bertz CT molecular complexity index is 320. The summed E-state index contributed by atoms with van der Waals surface area (Å²) in [5, 5.41) is 13.9. The van der Waals surface area contributed by atoms with Crippen LogP contribution in [0.4, 0.5) is 0 Å². The van der Waals surface area contributed by atoms with Crippen molar-refractivity contribution in [3.63, 3.8) is 0 Å². The van der Waals surface area contributed by atoms with Crippen LogP contribution in [0, 0.1) is 6.92 Å². The molecule has 14 heavy (non-hydrogen) atoms. The fourth-order valence-corrected chi connectivity index (χ4v) is 1.83. The Morgan fingerprint density at radius 2 is 2.21 bits per heavy atom. The Morgan fingerprint density at radius 3 is 2.64 bits per heavy atom. The van der Waals surface area contributed by atoms with Crippen LogP contribution >= 0.6 is 11.3 Å². The van der Waals surface area contributed by atoms with Gasteiger partial charge in [0.25, 0.3) is 5.91 Å². The molecule has 1 amide bonds. The monoisotopic (exact) mass is 213 g/mol. The molecule has 2 unspecified atom stereocenters. The second-order valence-corrected chi connectivity index (χ2v) is 4.35. The van der Waals surface area contributed by atoms with Gasteiger partial charge in [-0.05, 0) is 37.8 Å². The van der Waals surface area contributed by atoms with E-state index >= 15 is 0 Å². The van der Waals surface area contributed by atoms with Gasteiger partial charge in [0.15, 0.2) is 0 Å². The van der Waals surface area contributed by atoms with E-state index in [1.54, 1.807) is 13.8 Å². The SMILES string of the molecule is Cc1ccsc1C(=O)NC(C)C(C)O. The molecule has 2 N–H and O–H groups in total. The summed E-state index contributed by atoms with van der Waals surface area (Å²) in [5.41, 5.74) is 0.977. The zero-order valence-electron chi connectivity index (χ0n) is 8.57. The third kappa shape index (κ3) is 2.56.